The van der Waals surface area contributed by atoms with Gasteiger partial charge in [-0.1, -0.05) is 109 Å². The number of halogens is 1. The summed E-state index contributed by atoms with van der Waals surface area (Å²) >= 11 is 3.28. The minimum Gasteiger partial charge on any atom is -0.390 e. The summed E-state index contributed by atoms with van der Waals surface area (Å²) in [5.41, 5.74) is -2.39. The van der Waals surface area contributed by atoms with Gasteiger partial charge in [-0.15, -0.1) is 0 Å². The summed E-state index contributed by atoms with van der Waals surface area (Å²) in [6, 6.07) is -11.9. The van der Waals surface area contributed by atoms with Gasteiger partial charge < -0.3 is 55.4 Å². The quantitative estimate of drug-likeness (QED) is 0.0957. The van der Waals surface area contributed by atoms with Crippen molar-refractivity contribution >= 4 is 86.9 Å². The monoisotopic (exact) mass is 1320 g/mol. The van der Waals surface area contributed by atoms with Crippen molar-refractivity contribution in [1.82, 2.24) is 54.2 Å². The minimum atomic E-state index is -2.39. The number of hydrogen-bond donors (Lipinski definition) is 4. The molecule has 1 aliphatic rings. The zero-order chi connectivity index (χ0) is 69.3. The van der Waals surface area contributed by atoms with Gasteiger partial charge in [0.15, 0.2) is 11.3 Å². The fraction of sp³-hybridized carbons (Fsp3) is 0.781. The second kappa shape index (κ2) is 35.6. The highest BCUT2D eigenvalue weighted by Crippen LogP contribution is 2.33. The van der Waals surface area contributed by atoms with E-state index >= 15 is 19.2 Å². The molecule has 4 N–H and O–H groups in total. The molecule has 0 aromatic heterocycles. The van der Waals surface area contributed by atoms with Crippen LogP contribution in [0.25, 0.3) is 0 Å². The van der Waals surface area contributed by atoms with Crippen molar-refractivity contribution in [3.8, 4) is 0 Å². The highest BCUT2D eigenvalue weighted by atomic mass is 79.9. The summed E-state index contributed by atoms with van der Waals surface area (Å²) in [5, 5.41) is 20.5. The van der Waals surface area contributed by atoms with E-state index < -0.39 is 161 Å². The summed E-state index contributed by atoms with van der Waals surface area (Å²) in [5.74, 6) is -12.3. The highest BCUT2D eigenvalue weighted by molar-refractivity contribution is 9.07. The third-order valence-electron chi connectivity index (χ3n) is 17.1. The number of carbonyl (C=O) groups excluding carboxylic acids is 12. The Bertz CT molecular complexity index is 2530. The predicted octanol–water partition coefficient (Wildman–Crippen LogP) is 4.25. The molecule has 0 aromatic rings. The number of nitrogens with one attached hydrogen (secondary N) is 3. The largest absolute Gasteiger partial charge is 0.390 e. The zero-order valence-corrected chi connectivity index (χ0v) is 59.8. The zero-order valence-electron chi connectivity index (χ0n) is 58.2. The molecule has 89 heavy (non-hydrogen) atoms. The number of aliphatic hydroxyl groups is 1. The molecule has 0 spiro atoms. The molecule has 11 amide bonds. The van der Waals surface area contributed by atoms with Gasteiger partial charge in [-0.2, -0.15) is 0 Å². The molecule has 12 atom stereocenters. The fourth-order valence-electron chi connectivity index (χ4n) is 11.5. The fourth-order valence-corrected chi connectivity index (χ4v) is 12.0. The van der Waals surface area contributed by atoms with Crippen molar-refractivity contribution in [2.45, 2.75) is 229 Å². The molecular weight excluding hydrogens is 1210 g/mol. The number of likely N-dealkylation sites (N-methyl/N-ethyl adjacent to an activating group) is 7. The maximum atomic E-state index is 15.7. The van der Waals surface area contributed by atoms with Gasteiger partial charge in [-0.3, -0.25) is 61.5 Å². The van der Waals surface area contributed by atoms with Crippen LogP contribution in [-0.2, 0) is 57.5 Å². The molecule has 1 rings (SSSR count). The number of nitrogens with zero attached hydrogens (tertiary/aromatic N) is 8. The van der Waals surface area contributed by atoms with Crippen LogP contribution in [0, 0.1) is 41.4 Å². The number of Topliss-reactive ketones (excluding diaryl/α,β-unsaturated/α-hetero) is 1. The van der Waals surface area contributed by atoms with E-state index in [2.05, 4.69) is 32.1 Å². The van der Waals surface area contributed by atoms with E-state index in [1.54, 1.807) is 60.6 Å². The third kappa shape index (κ3) is 20.5. The van der Waals surface area contributed by atoms with E-state index in [0.29, 0.717) is 0 Å². The number of amides is 11. The number of hydrogen-bond acceptors (Lipinski definition) is 13. The van der Waals surface area contributed by atoms with Gasteiger partial charge in [0.05, 0.1) is 28.8 Å². The molecule has 24 nitrogen and oxygen atoms in total. The molecule has 0 bridgehead atoms. The third-order valence-corrected chi connectivity index (χ3v) is 18.1. The molecule has 0 radical (unpaired) electrons. The van der Waals surface area contributed by atoms with Gasteiger partial charge in [-0.05, 0) is 108 Å². The van der Waals surface area contributed by atoms with E-state index in [9.17, 15) is 43.5 Å². The Morgan fingerprint density at radius 1 is 0.584 bits per heavy atom. The summed E-state index contributed by atoms with van der Waals surface area (Å²) < 4.78 is 0.962. The first kappa shape index (κ1) is 81.0. The van der Waals surface area contributed by atoms with Crippen LogP contribution in [0.2, 0.25) is 0 Å². The van der Waals surface area contributed by atoms with E-state index in [-0.39, 0.29) is 62.2 Å². The highest BCUT2D eigenvalue weighted by Gasteiger charge is 2.57. The molecule has 1 aliphatic heterocycles. The Hall–Kier alpha value is -5.98. The van der Waals surface area contributed by atoms with Gasteiger partial charge >= 0.3 is 0 Å². The van der Waals surface area contributed by atoms with Crippen molar-refractivity contribution in [2.24, 2.45) is 41.4 Å². The Morgan fingerprint density at radius 2 is 1.02 bits per heavy atom. The van der Waals surface area contributed by atoms with E-state index in [1.807, 2.05) is 55.4 Å². The normalized spacial score (nSPS) is 27.2. The van der Waals surface area contributed by atoms with Crippen molar-refractivity contribution in [3.05, 3.63) is 12.2 Å². The molecule has 25 heteroatoms. The Balaban J connectivity index is 4.53. The number of aliphatic hydroxyl groups excluding tert-OH is 1. The first-order chi connectivity index (χ1) is 40.9. The van der Waals surface area contributed by atoms with E-state index in [0.717, 1.165) is 25.5 Å². The van der Waals surface area contributed by atoms with Crippen molar-refractivity contribution < 1.29 is 62.6 Å². The van der Waals surface area contributed by atoms with Crippen LogP contribution in [-0.4, -0.2) is 236 Å². The average Bonchev–Trinajstić information content (AvgIpc) is 0.885. The lowest BCUT2D eigenvalue weighted by Gasteiger charge is -2.47. The van der Waals surface area contributed by atoms with Crippen LogP contribution in [0.4, 0.5) is 0 Å². The molecule has 1 fully saturated rings. The Morgan fingerprint density at radius 3 is 1.46 bits per heavy atom. The lowest BCUT2D eigenvalue weighted by molar-refractivity contribution is -0.168. The number of ketones is 1. The first-order valence-corrected chi connectivity index (χ1v) is 32.2. The number of carbonyl (C=O) groups is 12. The van der Waals surface area contributed by atoms with E-state index in [1.165, 1.54) is 82.8 Å². The van der Waals surface area contributed by atoms with Gasteiger partial charge in [0, 0.05) is 49.3 Å². The minimum absolute atomic E-state index is 0.0140. The van der Waals surface area contributed by atoms with Crippen LogP contribution in [0.1, 0.15) is 163 Å². The molecule has 0 aliphatic carbocycles. The topological polar surface area (TPSA) is 287 Å². The molecule has 1 heterocycles. The lowest BCUT2D eigenvalue weighted by Crippen LogP contribution is -2.71. The second-order valence-corrected chi connectivity index (χ2v) is 27.7. The molecule has 0 aromatic carbocycles. The molecule has 0 saturated carbocycles. The van der Waals surface area contributed by atoms with Gasteiger partial charge in [0.1, 0.15) is 54.4 Å². The predicted molar refractivity (Wildman–Crippen MR) is 346 cm³/mol. The SMILES string of the molecule is C/C=C/C[C@@H](C)[C@@H](O)[C@H]1C(=O)N[C@@H](CC)C(=O)N(C)CC(=O)N(C)[C@@H](CC(C)C)C(=O)N[C@@H](C(C)C)C(=O)N(C)[C@@H](CC(C)C)C(=O)N[C@@H](C)C(=O)N(Br)[C@H](C)C(=O)N(C)[C@@H](CC(C)C)C(=O)N(C)[C@@H](CC(C)C)C(=O)N(C)[C@](C(C)=O)(C(C)C)C(=O)N1C. The van der Waals surface area contributed by atoms with Crippen molar-refractivity contribution in [3.63, 3.8) is 0 Å². The summed E-state index contributed by atoms with van der Waals surface area (Å²) in [7, 11) is 9.45. The van der Waals surface area contributed by atoms with Crippen molar-refractivity contribution in [1.29, 1.82) is 0 Å². The molecule has 1 saturated heterocycles. The molecule has 0 unspecified atom stereocenters. The Kier molecular flexibility index (Phi) is 32.4. The van der Waals surface area contributed by atoms with Gasteiger partial charge in [-0.25, -0.2) is 0 Å². The van der Waals surface area contributed by atoms with Crippen molar-refractivity contribution in [2.75, 3.05) is 55.9 Å². The second-order valence-electron chi connectivity index (χ2n) is 26.9. The number of rotatable bonds is 16. The molecular formula is C64H112BrN11O13. The lowest BCUT2D eigenvalue weighted by atomic mass is 9.78. The van der Waals surface area contributed by atoms with Crippen LogP contribution in [0.5, 0.6) is 0 Å². The van der Waals surface area contributed by atoms with Gasteiger partial charge in [0.2, 0.25) is 53.2 Å². The maximum absolute atomic E-state index is 15.7. The van der Waals surface area contributed by atoms with E-state index in [4.69, 9.17) is 0 Å². The summed E-state index contributed by atoms with van der Waals surface area (Å²) in [4.78, 5) is 185. The van der Waals surface area contributed by atoms with Crippen LogP contribution in [0.3, 0.4) is 0 Å². The standard InChI is InChI=1S/C64H112BrN11O13/c1-26-28-29-41(15)53(79)52-56(82)67-45(27-2)59(85)69(19)34-50(78)70(20)46(30-35(3)4)55(81)68-51(39(11)12)62(88)71(21)47(31-36(5)6)54(80)66-42(16)57(83)76(65)43(17)58(84)72(22)48(32-37(7)8)60(86)73(23)49(33-38(9)10)61(87)75(25)64(40(13)14,44(18)77)63(89)74(52)24/h26,28,35-43,45-49,51-53,79H,27,29-34H2,1-25H3,(H,66,80)(H,67,82)(H,68,81)/b28-26+/t41-,42+,43-,45+,46+,47+,48+,49+,51+,52+,53-,64+/m1/s1. The van der Waals surface area contributed by atoms with Crippen LogP contribution in [0.15, 0.2) is 12.2 Å². The Labute approximate surface area is 540 Å². The first-order valence-electron chi connectivity index (χ1n) is 31.5. The summed E-state index contributed by atoms with van der Waals surface area (Å²) in [6.07, 6.45) is 2.43. The van der Waals surface area contributed by atoms with Crippen LogP contribution >= 0.6 is 16.1 Å². The summed E-state index contributed by atoms with van der Waals surface area (Å²) in [6.45, 7) is 29.7. The maximum Gasteiger partial charge on any atom is 0.257 e. The van der Waals surface area contributed by atoms with Gasteiger partial charge in [0.25, 0.3) is 11.8 Å². The number of allylic oxidation sites excluding steroid dienone is 2. The van der Waals surface area contributed by atoms with Crippen LogP contribution < -0.4 is 16.0 Å². The molecule has 508 valence electrons. The average molecular weight is 1320 g/mol. The smallest absolute Gasteiger partial charge is 0.257 e.